The SMILES string of the molecule is CC[C@@]1(NC(=O)OC(C)(C)C)C[C@@H]2SC[C@@H](C(=O)OC)N2C1=O. The van der Waals surface area contributed by atoms with Gasteiger partial charge in [0.05, 0.1) is 12.5 Å². The van der Waals surface area contributed by atoms with Crippen LogP contribution in [0.25, 0.3) is 0 Å². The van der Waals surface area contributed by atoms with Crippen LogP contribution in [0.15, 0.2) is 0 Å². The van der Waals surface area contributed by atoms with E-state index in [4.69, 9.17) is 9.47 Å². The second-order valence-electron chi connectivity index (χ2n) is 6.81. The highest BCUT2D eigenvalue weighted by atomic mass is 32.2. The van der Waals surface area contributed by atoms with Gasteiger partial charge in [0.25, 0.3) is 0 Å². The van der Waals surface area contributed by atoms with Gasteiger partial charge < -0.3 is 19.7 Å². The Morgan fingerprint density at radius 3 is 2.61 bits per heavy atom. The Hall–Kier alpha value is -1.44. The highest BCUT2D eigenvalue weighted by molar-refractivity contribution is 8.00. The summed E-state index contributed by atoms with van der Waals surface area (Å²) in [5.74, 6) is -0.135. The molecule has 0 aromatic carbocycles. The first kappa shape index (κ1) is 17.9. The van der Waals surface area contributed by atoms with Gasteiger partial charge in [0.2, 0.25) is 5.91 Å². The van der Waals surface area contributed by atoms with Crippen LogP contribution in [-0.2, 0) is 19.1 Å². The monoisotopic (exact) mass is 344 g/mol. The summed E-state index contributed by atoms with van der Waals surface area (Å²) in [6.07, 6.45) is 0.278. The van der Waals surface area contributed by atoms with E-state index in [1.54, 1.807) is 25.7 Å². The summed E-state index contributed by atoms with van der Waals surface area (Å²) in [5, 5.41) is 2.61. The summed E-state index contributed by atoms with van der Waals surface area (Å²) in [7, 11) is 1.31. The summed E-state index contributed by atoms with van der Waals surface area (Å²) in [6.45, 7) is 7.14. The average Bonchev–Trinajstić information content (AvgIpc) is 2.96. The number of hydrogen-bond acceptors (Lipinski definition) is 6. The maximum atomic E-state index is 12.9. The Kier molecular flexibility index (Phi) is 4.84. The van der Waals surface area contributed by atoms with Crippen molar-refractivity contribution < 1.29 is 23.9 Å². The molecule has 7 nitrogen and oxygen atoms in total. The Labute approximate surface area is 140 Å². The van der Waals surface area contributed by atoms with Gasteiger partial charge in [0.15, 0.2) is 0 Å². The lowest BCUT2D eigenvalue weighted by Gasteiger charge is -2.30. The zero-order chi connectivity index (χ0) is 17.4. The Balaban J connectivity index is 2.17. The van der Waals surface area contributed by atoms with Crippen LogP contribution in [-0.4, -0.2) is 58.3 Å². The molecule has 2 amide bonds. The van der Waals surface area contributed by atoms with Crippen LogP contribution >= 0.6 is 11.8 Å². The van der Waals surface area contributed by atoms with Crippen molar-refractivity contribution >= 4 is 29.7 Å². The summed E-state index contributed by atoms with van der Waals surface area (Å²) >= 11 is 1.54. The highest BCUT2D eigenvalue weighted by Crippen LogP contribution is 2.43. The Morgan fingerprint density at radius 2 is 2.09 bits per heavy atom. The van der Waals surface area contributed by atoms with E-state index in [1.807, 2.05) is 6.92 Å². The lowest BCUT2D eigenvalue weighted by molar-refractivity contribution is -0.151. The lowest BCUT2D eigenvalue weighted by atomic mass is 9.94. The molecule has 2 heterocycles. The van der Waals surface area contributed by atoms with Crippen molar-refractivity contribution in [3.05, 3.63) is 0 Å². The number of alkyl carbamates (subject to hydrolysis) is 1. The van der Waals surface area contributed by atoms with Gasteiger partial charge in [-0.15, -0.1) is 11.8 Å². The molecular weight excluding hydrogens is 320 g/mol. The smallest absolute Gasteiger partial charge is 0.408 e. The van der Waals surface area contributed by atoms with Gasteiger partial charge in [0.1, 0.15) is 17.2 Å². The number of amides is 2. The van der Waals surface area contributed by atoms with Crippen molar-refractivity contribution in [3.63, 3.8) is 0 Å². The minimum absolute atomic E-state index is 0.124. The molecule has 2 saturated heterocycles. The van der Waals surface area contributed by atoms with Crippen LogP contribution in [0, 0.1) is 0 Å². The largest absolute Gasteiger partial charge is 0.467 e. The third-order valence-corrected chi connectivity index (χ3v) is 5.36. The van der Waals surface area contributed by atoms with Crippen LogP contribution in [0.5, 0.6) is 0 Å². The topological polar surface area (TPSA) is 84.9 Å². The number of nitrogens with zero attached hydrogens (tertiary/aromatic N) is 1. The summed E-state index contributed by atoms with van der Waals surface area (Å²) in [5.41, 5.74) is -1.66. The van der Waals surface area contributed by atoms with E-state index < -0.39 is 29.2 Å². The fourth-order valence-electron chi connectivity index (χ4n) is 2.93. The predicted molar refractivity (Wildman–Crippen MR) is 85.9 cm³/mol. The molecule has 2 aliphatic rings. The maximum Gasteiger partial charge on any atom is 0.408 e. The molecule has 2 fully saturated rings. The van der Waals surface area contributed by atoms with E-state index in [9.17, 15) is 14.4 Å². The van der Waals surface area contributed by atoms with Gasteiger partial charge in [-0.2, -0.15) is 0 Å². The van der Waals surface area contributed by atoms with Crippen molar-refractivity contribution in [1.29, 1.82) is 0 Å². The second kappa shape index (κ2) is 6.22. The molecule has 2 rings (SSSR count). The van der Waals surface area contributed by atoms with Crippen LogP contribution < -0.4 is 5.32 Å². The first-order valence-electron chi connectivity index (χ1n) is 7.67. The quantitative estimate of drug-likeness (QED) is 0.781. The van der Waals surface area contributed by atoms with Gasteiger partial charge >= 0.3 is 12.1 Å². The molecule has 0 aromatic rings. The molecule has 0 spiro atoms. The maximum absolute atomic E-state index is 12.9. The molecule has 0 aromatic heterocycles. The first-order valence-corrected chi connectivity index (χ1v) is 8.72. The standard InChI is InChI=1S/C15H24N2O5S/c1-6-15(16-13(20)22-14(2,3)4)7-10-17(12(15)19)9(8-23-10)11(18)21-5/h9-10H,6-8H2,1-5H3,(H,16,20)/t9-,10-,15+/m0/s1. The lowest BCUT2D eigenvalue weighted by Crippen LogP contribution is -2.56. The molecule has 0 saturated carbocycles. The zero-order valence-corrected chi connectivity index (χ0v) is 15.0. The minimum atomic E-state index is -1.02. The molecule has 1 N–H and O–H groups in total. The minimum Gasteiger partial charge on any atom is -0.467 e. The number of esters is 1. The van der Waals surface area contributed by atoms with Crippen molar-refractivity contribution in [2.75, 3.05) is 12.9 Å². The second-order valence-corrected chi connectivity index (χ2v) is 8.02. The number of rotatable bonds is 3. The molecule has 2 aliphatic heterocycles. The molecule has 0 unspecified atom stereocenters. The van der Waals surface area contributed by atoms with Gasteiger partial charge in [-0.1, -0.05) is 6.92 Å². The van der Waals surface area contributed by atoms with Crippen LogP contribution in [0.1, 0.15) is 40.5 Å². The van der Waals surface area contributed by atoms with Gasteiger partial charge in [-0.25, -0.2) is 9.59 Å². The average molecular weight is 344 g/mol. The van der Waals surface area contributed by atoms with Gasteiger partial charge in [-0.05, 0) is 27.2 Å². The number of carbonyl (C=O) groups is 3. The molecule has 0 radical (unpaired) electrons. The molecular formula is C15H24N2O5S. The van der Waals surface area contributed by atoms with Crippen molar-refractivity contribution in [3.8, 4) is 0 Å². The van der Waals surface area contributed by atoms with E-state index >= 15 is 0 Å². The normalized spacial score (nSPS) is 30.1. The number of thioether (sulfide) groups is 1. The molecule has 8 heteroatoms. The van der Waals surface area contributed by atoms with Crippen molar-refractivity contribution in [1.82, 2.24) is 10.2 Å². The van der Waals surface area contributed by atoms with Gasteiger partial charge in [0, 0.05) is 12.2 Å². The fraction of sp³-hybridized carbons (Fsp3) is 0.800. The van der Waals surface area contributed by atoms with Crippen LogP contribution in [0.2, 0.25) is 0 Å². The van der Waals surface area contributed by atoms with E-state index in [1.165, 1.54) is 18.9 Å². The van der Waals surface area contributed by atoms with E-state index in [-0.39, 0.29) is 11.3 Å². The zero-order valence-electron chi connectivity index (χ0n) is 14.2. The number of carbonyl (C=O) groups excluding carboxylic acids is 3. The molecule has 0 bridgehead atoms. The number of hydrogen-bond donors (Lipinski definition) is 1. The third kappa shape index (κ3) is 3.41. The number of fused-ring (bicyclic) bond motifs is 1. The number of nitrogens with one attached hydrogen (secondary N) is 1. The van der Waals surface area contributed by atoms with Crippen molar-refractivity contribution in [2.24, 2.45) is 0 Å². The molecule has 130 valence electrons. The van der Waals surface area contributed by atoms with Crippen LogP contribution in [0.3, 0.4) is 0 Å². The van der Waals surface area contributed by atoms with E-state index in [0.717, 1.165) is 0 Å². The van der Waals surface area contributed by atoms with E-state index in [2.05, 4.69) is 5.32 Å². The van der Waals surface area contributed by atoms with Crippen LogP contribution in [0.4, 0.5) is 4.79 Å². The first-order chi connectivity index (χ1) is 10.6. The number of methoxy groups -OCH3 is 1. The summed E-state index contributed by atoms with van der Waals surface area (Å²) in [6, 6.07) is -0.587. The molecule has 23 heavy (non-hydrogen) atoms. The Morgan fingerprint density at radius 1 is 1.43 bits per heavy atom. The third-order valence-electron chi connectivity index (χ3n) is 4.08. The molecule has 3 atom stereocenters. The van der Waals surface area contributed by atoms with Gasteiger partial charge in [-0.3, -0.25) is 4.79 Å². The number of ether oxygens (including phenoxy) is 2. The predicted octanol–water partition coefficient (Wildman–Crippen LogP) is 1.51. The summed E-state index contributed by atoms with van der Waals surface area (Å²) in [4.78, 5) is 38.4. The molecule has 0 aliphatic carbocycles. The fourth-order valence-corrected chi connectivity index (χ4v) is 4.44. The van der Waals surface area contributed by atoms with E-state index in [0.29, 0.717) is 18.6 Å². The highest BCUT2D eigenvalue weighted by Gasteiger charge is 2.58. The Bertz CT molecular complexity index is 518. The summed E-state index contributed by atoms with van der Waals surface area (Å²) < 4.78 is 10.1. The van der Waals surface area contributed by atoms with Crippen molar-refractivity contribution in [2.45, 2.75) is 63.1 Å².